The number of anilines is 1. The lowest BCUT2D eigenvalue weighted by Crippen LogP contribution is -2.48. The molecule has 1 atom stereocenters. The summed E-state index contributed by atoms with van der Waals surface area (Å²) >= 11 is 7.50. The molecule has 1 aromatic heterocycles. The van der Waals surface area contributed by atoms with Gasteiger partial charge in [0.05, 0.1) is 16.3 Å². The van der Waals surface area contributed by atoms with Crippen molar-refractivity contribution in [2.75, 3.05) is 11.4 Å². The van der Waals surface area contributed by atoms with Gasteiger partial charge in [-0.15, -0.1) is 0 Å². The normalized spacial score (nSPS) is 15.8. The summed E-state index contributed by atoms with van der Waals surface area (Å²) in [4.78, 5) is 3.01. The topological polar surface area (TPSA) is 82.5 Å². The Balaban J connectivity index is 1.43. The molecule has 0 saturated heterocycles. The monoisotopic (exact) mass is 511 g/mol. The van der Waals surface area contributed by atoms with Crippen LogP contribution in [-0.4, -0.2) is 30.5 Å². The Bertz CT molecular complexity index is 1410. The Morgan fingerprint density at radius 1 is 1.06 bits per heavy atom. The molecule has 174 valence electrons. The Hall–Kier alpha value is -2.91. The van der Waals surface area contributed by atoms with E-state index in [9.17, 15) is 13.5 Å². The SMILES string of the molecule is O=S(=O)(NC1Cc2cc(Cl)ccc2N(Cc2snc(-c3ccccc3)c2O)C1)c1ccccc1. The molecular formula is C25H22ClN3O3S2. The van der Waals surface area contributed by atoms with Gasteiger partial charge in [-0.2, -0.15) is 4.37 Å². The molecule has 1 aliphatic rings. The van der Waals surface area contributed by atoms with Gasteiger partial charge in [0.15, 0.2) is 5.75 Å². The molecule has 0 radical (unpaired) electrons. The number of hydrogen-bond donors (Lipinski definition) is 2. The highest BCUT2D eigenvalue weighted by atomic mass is 35.5. The number of nitrogens with one attached hydrogen (secondary N) is 1. The molecule has 6 nitrogen and oxygen atoms in total. The number of aromatic hydroxyl groups is 1. The van der Waals surface area contributed by atoms with Crippen molar-refractivity contribution in [2.24, 2.45) is 0 Å². The Labute approximate surface area is 207 Å². The quantitative estimate of drug-likeness (QED) is 0.377. The standard InChI is InChI=1S/C25H22ClN3O3S2/c26-19-11-12-22-18(13-19)14-20(28-34(31,32)21-9-5-2-6-10-21)15-29(22)16-23-25(30)24(27-33-23)17-7-3-1-4-8-17/h1-13,20,28,30H,14-16H2. The molecule has 4 aromatic rings. The number of aromatic nitrogens is 1. The summed E-state index contributed by atoms with van der Waals surface area (Å²) in [5.74, 6) is 0.152. The number of fused-ring (bicyclic) bond motifs is 1. The first-order chi connectivity index (χ1) is 16.4. The minimum absolute atomic E-state index is 0.152. The smallest absolute Gasteiger partial charge is 0.240 e. The third kappa shape index (κ3) is 4.67. The van der Waals surface area contributed by atoms with Gasteiger partial charge < -0.3 is 10.0 Å². The average Bonchev–Trinajstić information content (AvgIpc) is 3.19. The van der Waals surface area contributed by atoms with Crippen LogP contribution < -0.4 is 9.62 Å². The van der Waals surface area contributed by atoms with Crippen LogP contribution in [0.25, 0.3) is 11.3 Å². The van der Waals surface area contributed by atoms with Gasteiger partial charge in [0.1, 0.15) is 5.69 Å². The maximum atomic E-state index is 13.0. The number of halogens is 1. The summed E-state index contributed by atoms with van der Waals surface area (Å²) in [6.45, 7) is 0.841. The highest BCUT2D eigenvalue weighted by Gasteiger charge is 2.30. The molecule has 1 unspecified atom stereocenters. The van der Waals surface area contributed by atoms with Crippen LogP contribution in [0.1, 0.15) is 10.4 Å². The fraction of sp³-hybridized carbons (Fsp3) is 0.160. The summed E-state index contributed by atoms with van der Waals surface area (Å²) in [6, 6.07) is 23.2. The van der Waals surface area contributed by atoms with Crippen LogP contribution in [-0.2, 0) is 23.0 Å². The molecule has 0 saturated carbocycles. The van der Waals surface area contributed by atoms with E-state index in [2.05, 4.69) is 14.0 Å². The summed E-state index contributed by atoms with van der Waals surface area (Å²) in [5, 5.41) is 11.5. The number of benzene rings is 3. The third-order valence-electron chi connectivity index (χ3n) is 5.78. The van der Waals surface area contributed by atoms with E-state index in [4.69, 9.17) is 11.6 Å². The van der Waals surface area contributed by atoms with Gasteiger partial charge in [0.25, 0.3) is 0 Å². The van der Waals surface area contributed by atoms with Crippen LogP contribution in [0.2, 0.25) is 5.02 Å². The number of rotatable bonds is 6. The van der Waals surface area contributed by atoms with Gasteiger partial charge in [-0.05, 0) is 53.8 Å². The van der Waals surface area contributed by atoms with Crippen LogP contribution in [0.15, 0.2) is 83.8 Å². The van der Waals surface area contributed by atoms with Crippen molar-refractivity contribution in [3.8, 4) is 17.0 Å². The van der Waals surface area contributed by atoms with Crippen LogP contribution in [0, 0.1) is 0 Å². The third-order valence-corrected chi connectivity index (χ3v) is 8.37. The van der Waals surface area contributed by atoms with Crippen molar-refractivity contribution in [1.29, 1.82) is 0 Å². The molecular weight excluding hydrogens is 490 g/mol. The van der Waals surface area contributed by atoms with Gasteiger partial charge >= 0.3 is 0 Å². The predicted molar refractivity (Wildman–Crippen MR) is 136 cm³/mol. The van der Waals surface area contributed by atoms with Crippen molar-refractivity contribution in [2.45, 2.75) is 23.9 Å². The van der Waals surface area contributed by atoms with Crippen molar-refractivity contribution in [1.82, 2.24) is 9.10 Å². The molecule has 0 bridgehead atoms. The second-order valence-electron chi connectivity index (χ2n) is 8.16. The molecule has 9 heteroatoms. The second kappa shape index (κ2) is 9.38. The fourth-order valence-corrected chi connectivity index (χ4v) is 6.45. The molecule has 34 heavy (non-hydrogen) atoms. The molecule has 0 spiro atoms. The Kier molecular flexibility index (Phi) is 6.31. The molecule has 0 aliphatic carbocycles. The van der Waals surface area contributed by atoms with Crippen molar-refractivity contribution < 1.29 is 13.5 Å². The molecule has 0 amide bonds. The number of nitrogens with zero attached hydrogens (tertiary/aromatic N) is 2. The molecule has 2 N–H and O–H groups in total. The minimum atomic E-state index is -3.68. The zero-order valence-electron chi connectivity index (χ0n) is 18.1. The zero-order valence-corrected chi connectivity index (χ0v) is 20.4. The average molecular weight is 512 g/mol. The van der Waals surface area contributed by atoms with E-state index in [1.807, 2.05) is 48.5 Å². The van der Waals surface area contributed by atoms with Crippen LogP contribution in [0.4, 0.5) is 5.69 Å². The lowest BCUT2D eigenvalue weighted by Gasteiger charge is -2.36. The van der Waals surface area contributed by atoms with Crippen molar-refractivity contribution >= 4 is 38.8 Å². The summed E-state index contributed by atoms with van der Waals surface area (Å²) in [5.41, 5.74) is 3.32. The first kappa shape index (κ1) is 22.9. The van der Waals surface area contributed by atoms with E-state index < -0.39 is 10.0 Å². The van der Waals surface area contributed by atoms with E-state index in [0.717, 1.165) is 16.8 Å². The summed E-state index contributed by atoms with van der Waals surface area (Å²) in [7, 11) is -3.68. The summed E-state index contributed by atoms with van der Waals surface area (Å²) < 4.78 is 33.2. The van der Waals surface area contributed by atoms with Gasteiger partial charge in [0.2, 0.25) is 10.0 Å². The number of hydrogen-bond acceptors (Lipinski definition) is 6. The van der Waals surface area contributed by atoms with E-state index in [1.54, 1.807) is 30.3 Å². The predicted octanol–water partition coefficient (Wildman–Crippen LogP) is 5.08. The first-order valence-corrected chi connectivity index (χ1v) is 13.4. The molecule has 5 rings (SSSR count). The largest absolute Gasteiger partial charge is 0.504 e. The van der Waals surface area contributed by atoms with E-state index in [-0.39, 0.29) is 16.7 Å². The van der Waals surface area contributed by atoms with Gasteiger partial charge in [-0.3, -0.25) is 0 Å². The molecule has 3 aromatic carbocycles. The lowest BCUT2D eigenvalue weighted by molar-refractivity contribution is 0.469. The van der Waals surface area contributed by atoms with Gasteiger partial charge in [-0.1, -0.05) is 60.1 Å². The van der Waals surface area contributed by atoms with Crippen LogP contribution >= 0.6 is 23.1 Å². The highest BCUT2D eigenvalue weighted by Crippen LogP contribution is 2.38. The molecule has 2 heterocycles. The fourth-order valence-electron chi connectivity index (χ4n) is 4.22. The van der Waals surface area contributed by atoms with Crippen molar-refractivity contribution in [3.05, 3.63) is 94.3 Å². The van der Waals surface area contributed by atoms with E-state index in [1.165, 1.54) is 11.5 Å². The first-order valence-electron chi connectivity index (χ1n) is 10.7. The van der Waals surface area contributed by atoms with E-state index in [0.29, 0.717) is 35.1 Å². The maximum Gasteiger partial charge on any atom is 0.240 e. The van der Waals surface area contributed by atoms with Crippen LogP contribution in [0.3, 0.4) is 0 Å². The highest BCUT2D eigenvalue weighted by molar-refractivity contribution is 7.89. The van der Waals surface area contributed by atoms with Crippen LogP contribution in [0.5, 0.6) is 5.75 Å². The number of sulfonamides is 1. The second-order valence-corrected chi connectivity index (χ2v) is 11.2. The van der Waals surface area contributed by atoms with E-state index >= 15 is 0 Å². The minimum Gasteiger partial charge on any atom is -0.504 e. The zero-order chi connectivity index (χ0) is 23.7. The van der Waals surface area contributed by atoms with Gasteiger partial charge in [0, 0.05) is 28.9 Å². The Morgan fingerprint density at radius 3 is 2.50 bits per heavy atom. The molecule has 0 fully saturated rings. The Morgan fingerprint density at radius 2 is 1.76 bits per heavy atom. The van der Waals surface area contributed by atoms with Crippen molar-refractivity contribution in [3.63, 3.8) is 0 Å². The van der Waals surface area contributed by atoms with Gasteiger partial charge in [-0.25, -0.2) is 13.1 Å². The lowest BCUT2D eigenvalue weighted by atomic mass is 9.98. The summed E-state index contributed by atoms with van der Waals surface area (Å²) in [6.07, 6.45) is 0.516. The molecule has 1 aliphatic heterocycles. The maximum absolute atomic E-state index is 13.0.